The van der Waals surface area contributed by atoms with Gasteiger partial charge in [-0.05, 0) is 49.9 Å². The first kappa shape index (κ1) is 16.8. The number of nitrogens with one attached hydrogen (secondary N) is 1. The van der Waals surface area contributed by atoms with Crippen LogP contribution in [0.3, 0.4) is 0 Å². The second-order valence-electron chi connectivity index (χ2n) is 8.35. The highest BCUT2D eigenvalue weighted by atomic mass is 19.1. The highest BCUT2D eigenvalue weighted by Gasteiger charge is 2.64. The van der Waals surface area contributed by atoms with E-state index < -0.39 is 0 Å². The lowest BCUT2D eigenvalue weighted by molar-refractivity contribution is 0.279. The van der Waals surface area contributed by atoms with Crippen LogP contribution in [0, 0.1) is 11.7 Å². The topological polar surface area (TPSA) is 54.7 Å². The maximum atomic E-state index is 14.3. The minimum Gasteiger partial charge on any atom is -0.491 e. The van der Waals surface area contributed by atoms with Crippen LogP contribution in [0.15, 0.2) is 43.2 Å². The Morgan fingerprint density at radius 3 is 3.10 bits per heavy atom. The average molecular weight is 391 g/mol. The summed E-state index contributed by atoms with van der Waals surface area (Å²) in [6, 6.07) is 6.89. The Labute approximate surface area is 168 Å². The fraction of sp³-hybridized carbons (Fsp3) is 0.364. The normalized spacial score (nSPS) is 27.8. The maximum Gasteiger partial charge on any atom is 0.166 e. The van der Waals surface area contributed by atoms with Crippen molar-refractivity contribution in [1.29, 1.82) is 0 Å². The van der Waals surface area contributed by atoms with Crippen molar-refractivity contribution in [2.24, 2.45) is 5.92 Å². The van der Waals surface area contributed by atoms with Gasteiger partial charge in [0.1, 0.15) is 24.0 Å². The van der Waals surface area contributed by atoms with E-state index in [0.29, 0.717) is 12.5 Å². The van der Waals surface area contributed by atoms with Crippen molar-refractivity contribution >= 4 is 17.2 Å². The summed E-state index contributed by atoms with van der Waals surface area (Å²) in [6.45, 7) is 7.57. The zero-order chi connectivity index (χ0) is 19.8. The van der Waals surface area contributed by atoms with Crippen LogP contribution in [0.4, 0.5) is 10.2 Å². The molecule has 1 N–H and O–H groups in total. The lowest BCUT2D eigenvalue weighted by Gasteiger charge is -2.31. The van der Waals surface area contributed by atoms with Gasteiger partial charge >= 0.3 is 0 Å². The fourth-order valence-corrected chi connectivity index (χ4v) is 5.09. The van der Waals surface area contributed by atoms with Gasteiger partial charge in [-0.2, -0.15) is 5.10 Å². The molecule has 1 saturated heterocycles. The molecule has 0 radical (unpaired) electrons. The first-order chi connectivity index (χ1) is 14.1. The molecule has 1 aliphatic carbocycles. The number of hydrogen-bond acceptors (Lipinski definition) is 5. The number of hydrogen-bond donors (Lipinski definition) is 1. The molecule has 2 bridgehead atoms. The highest BCUT2D eigenvalue weighted by molar-refractivity contribution is 5.74. The quantitative estimate of drug-likeness (QED) is 0.637. The molecule has 4 heterocycles. The van der Waals surface area contributed by atoms with Crippen molar-refractivity contribution in [1.82, 2.24) is 19.9 Å². The SMILES string of the molecule is C=C1N[C@@H](C)COc2ccc(F)cc2[C@@]23C[C@@H]2CCN3c2ccn3ncc1c3n2. The fourth-order valence-electron chi connectivity index (χ4n) is 5.09. The Morgan fingerprint density at radius 2 is 2.24 bits per heavy atom. The third-order valence-electron chi connectivity index (χ3n) is 6.53. The Bertz CT molecular complexity index is 1160. The van der Waals surface area contributed by atoms with Gasteiger partial charge in [-0.3, -0.25) is 0 Å². The number of anilines is 1. The summed E-state index contributed by atoms with van der Waals surface area (Å²) in [5.41, 5.74) is 3.10. The molecule has 2 fully saturated rings. The molecule has 3 aromatic rings. The predicted molar refractivity (Wildman–Crippen MR) is 108 cm³/mol. The molecular formula is C22H22FN5O. The first-order valence-corrected chi connectivity index (χ1v) is 10.1. The van der Waals surface area contributed by atoms with E-state index >= 15 is 0 Å². The van der Waals surface area contributed by atoms with Crippen molar-refractivity contribution in [2.45, 2.75) is 31.3 Å². The summed E-state index contributed by atoms with van der Waals surface area (Å²) >= 11 is 0. The minimum absolute atomic E-state index is 0.0199. The molecule has 0 unspecified atom stereocenters. The second-order valence-corrected chi connectivity index (χ2v) is 8.35. The van der Waals surface area contributed by atoms with Gasteiger partial charge in [0.25, 0.3) is 0 Å². The van der Waals surface area contributed by atoms with Crippen LogP contribution in [0.2, 0.25) is 0 Å². The zero-order valence-corrected chi connectivity index (χ0v) is 16.2. The number of ether oxygens (including phenoxy) is 1. The average Bonchev–Trinajstić information content (AvgIpc) is 3.09. The molecule has 1 saturated carbocycles. The summed E-state index contributed by atoms with van der Waals surface area (Å²) in [4.78, 5) is 7.28. The maximum absolute atomic E-state index is 14.3. The third-order valence-corrected chi connectivity index (χ3v) is 6.53. The van der Waals surface area contributed by atoms with Gasteiger partial charge in [0.2, 0.25) is 0 Å². The van der Waals surface area contributed by atoms with Crippen molar-refractivity contribution in [3.63, 3.8) is 0 Å². The molecule has 7 heteroatoms. The molecule has 2 aromatic heterocycles. The summed E-state index contributed by atoms with van der Waals surface area (Å²) in [6.07, 6.45) is 5.79. The van der Waals surface area contributed by atoms with Crippen LogP contribution in [-0.2, 0) is 5.54 Å². The molecule has 6 rings (SSSR count). The summed E-state index contributed by atoms with van der Waals surface area (Å²) in [7, 11) is 0. The molecule has 2 aliphatic heterocycles. The highest BCUT2D eigenvalue weighted by Crippen LogP contribution is 2.64. The summed E-state index contributed by atoms with van der Waals surface area (Å²) < 4.78 is 22.2. The van der Waals surface area contributed by atoms with Gasteiger partial charge in [-0.25, -0.2) is 13.9 Å². The smallest absolute Gasteiger partial charge is 0.166 e. The standard InChI is InChI=1S/C22H22FN5O/c1-13-12-29-19-4-3-16(23)9-18(19)22-10-15(22)5-7-27(22)20-6-8-28-21(26-20)17(11-24-28)14(2)25-13/h3-4,6,8-9,11,13,15,25H,2,5,7,10,12H2,1H3/t13-,15-,22+/m0/s1. The Morgan fingerprint density at radius 1 is 1.34 bits per heavy atom. The Balaban J connectivity index is 1.57. The predicted octanol–water partition coefficient (Wildman–Crippen LogP) is 3.34. The molecular weight excluding hydrogens is 369 g/mol. The van der Waals surface area contributed by atoms with Crippen molar-refractivity contribution < 1.29 is 9.13 Å². The second kappa shape index (κ2) is 5.72. The van der Waals surface area contributed by atoms with E-state index in [-0.39, 0.29) is 17.4 Å². The van der Waals surface area contributed by atoms with E-state index in [2.05, 4.69) is 21.9 Å². The van der Waals surface area contributed by atoms with Crippen molar-refractivity contribution in [3.8, 4) is 5.75 Å². The lowest BCUT2D eigenvalue weighted by Crippen LogP contribution is -2.34. The molecule has 3 atom stereocenters. The molecule has 0 amide bonds. The molecule has 1 spiro atoms. The van der Waals surface area contributed by atoms with Gasteiger partial charge in [-0.1, -0.05) is 6.58 Å². The van der Waals surface area contributed by atoms with E-state index in [1.165, 1.54) is 6.07 Å². The Hall–Kier alpha value is -3.09. The van der Waals surface area contributed by atoms with Crippen LogP contribution in [0.1, 0.15) is 30.9 Å². The van der Waals surface area contributed by atoms with Gasteiger partial charge in [0.15, 0.2) is 5.65 Å². The molecule has 3 aliphatic rings. The van der Waals surface area contributed by atoms with Crippen LogP contribution in [0.5, 0.6) is 5.75 Å². The molecule has 148 valence electrons. The van der Waals surface area contributed by atoms with E-state index in [0.717, 1.165) is 53.4 Å². The number of rotatable bonds is 0. The van der Waals surface area contributed by atoms with Gasteiger partial charge in [0, 0.05) is 24.0 Å². The summed E-state index contributed by atoms with van der Waals surface area (Å²) in [5.74, 6) is 1.90. The lowest BCUT2D eigenvalue weighted by atomic mass is 10.0. The van der Waals surface area contributed by atoms with E-state index in [4.69, 9.17) is 9.72 Å². The minimum atomic E-state index is -0.245. The number of piperidine rings is 1. The van der Waals surface area contributed by atoms with Crippen molar-refractivity contribution in [2.75, 3.05) is 18.1 Å². The molecule has 1 aromatic carbocycles. The number of nitrogens with zero attached hydrogens (tertiary/aromatic N) is 4. The third kappa shape index (κ3) is 2.33. The van der Waals surface area contributed by atoms with E-state index in [1.807, 2.05) is 19.2 Å². The van der Waals surface area contributed by atoms with E-state index in [9.17, 15) is 4.39 Å². The molecule has 29 heavy (non-hydrogen) atoms. The Kier molecular flexibility index (Phi) is 3.32. The largest absolute Gasteiger partial charge is 0.491 e. The number of fused-ring (bicyclic) bond motifs is 3. The number of aromatic nitrogens is 3. The summed E-state index contributed by atoms with van der Waals surface area (Å²) in [5, 5.41) is 7.81. The zero-order valence-electron chi connectivity index (χ0n) is 16.2. The number of halogens is 1. The van der Waals surface area contributed by atoms with Crippen molar-refractivity contribution in [3.05, 3.63) is 60.2 Å². The van der Waals surface area contributed by atoms with Crippen LogP contribution < -0.4 is 15.0 Å². The molecule has 6 nitrogen and oxygen atoms in total. The van der Waals surface area contributed by atoms with Gasteiger partial charge in [0.05, 0.1) is 23.3 Å². The van der Waals surface area contributed by atoms with Crippen LogP contribution >= 0.6 is 0 Å². The monoisotopic (exact) mass is 391 g/mol. The first-order valence-electron chi connectivity index (χ1n) is 10.1. The van der Waals surface area contributed by atoms with Crippen LogP contribution in [-0.4, -0.2) is 33.8 Å². The van der Waals surface area contributed by atoms with E-state index in [1.54, 1.807) is 22.8 Å². The van der Waals surface area contributed by atoms with Gasteiger partial charge < -0.3 is 15.0 Å². The van der Waals surface area contributed by atoms with Crippen LogP contribution in [0.25, 0.3) is 11.3 Å². The van der Waals surface area contributed by atoms with Gasteiger partial charge in [-0.15, -0.1) is 0 Å². The number of benzene rings is 1.